The van der Waals surface area contributed by atoms with Gasteiger partial charge in [0.2, 0.25) is 0 Å². The molecule has 0 aromatic rings. The first-order valence-electron chi connectivity index (χ1n) is 6.09. The molecule has 2 atom stereocenters. The molecule has 1 saturated heterocycles. The Morgan fingerprint density at radius 1 is 1.38 bits per heavy atom. The quantitative estimate of drug-likeness (QED) is 0.780. The molecule has 0 spiro atoms. The van der Waals surface area contributed by atoms with Crippen molar-refractivity contribution >= 4 is 6.09 Å². The Morgan fingerprint density at radius 2 is 2.00 bits per heavy atom. The fourth-order valence-electron chi connectivity index (χ4n) is 2.87. The minimum absolute atomic E-state index is 0.384. The lowest BCUT2D eigenvalue weighted by atomic mass is 9.76. The van der Waals surface area contributed by atoms with E-state index in [1.54, 1.807) is 6.92 Å². The van der Waals surface area contributed by atoms with Gasteiger partial charge in [-0.15, -0.1) is 0 Å². The van der Waals surface area contributed by atoms with Gasteiger partial charge in [0.15, 0.2) is 0 Å². The van der Waals surface area contributed by atoms with Gasteiger partial charge >= 0.3 is 6.09 Å². The average Bonchev–Trinajstić information content (AvgIpc) is 2.16. The van der Waals surface area contributed by atoms with Crippen LogP contribution >= 0.6 is 0 Å². The van der Waals surface area contributed by atoms with Crippen LogP contribution in [0.4, 0.5) is 4.79 Å². The Balaban J connectivity index is 2.98. The van der Waals surface area contributed by atoms with Crippen molar-refractivity contribution in [1.82, 2.24) is 4.90 Å². The largest absolute Gasteiger partial charge is 0.465 e. The SMILES string of the molecule is CC(C)CC1(C(C)O)CCCCN1C(=O)O. The molecular weight excluding hydrogens is 206 g/mol. The van der Waals surface area contributed by atoms with Crippen molar-refractivity contribution in [2.24, 2.45) is 5.92 Å². The summed E-state index contributed by atoms with van der Waals surface area (Å²) in [4.78, 5) is 12.7. The van der Waals surface area contributed by atoms with Gasteiger partial charge in [0.05, 0.1) is 11.6 Å². The van der Waals surface area contributed by atoms with E-state index in [1.807, 2.05) is 0 Å². The molecule has 1 amide bonds. The number of carboxylic acid groups (broad SMARTS) is 1. The normalized spacial score (nSPS) is 28.2. The van der Waals surface area contributed by atoms with E-state index in [1.165, 1.54) is 4.90 Å². The highest BCUT2D eigenvalue weighted by molar-refractivity contribution is 5.66. The highest BCUT2D eigenvalue weighted by Gasteiger charge is 2.45. The fourth-order valence-corrected chi connectivity index (χ4v) is 2.87. The Hall–Kier alpha value is -0.770. The van der Waals surface area contributed by atoms with Crippen molar-refractivity contribution < 1.29 is 15.0 Å². The number of nitrogens with zero attached hydrogens (tertiary/aromatic N) is 1. The van der Waals surface area contributed by atoms with E-state index in [0.29, 0.717) is 12.5 Å². The van der Waals surface area contributed by atoms with Crippen LogP contribution in [0.25, 0.3) is 0 Å². The number of rotatable bonds is 3. The summed E-state index contributed by atoms with van der Waals surface area (Å²) in [5, 5.41) is 19.2. The molecule has 0 saturated carbocycles. The van der Waals surface area contributed by atoms with E-state index < -0.39 is 17.7 Å². The molecule has 0 aromatic carbocycles. The molecule has 16 heavy (non-hydrogen) atoms. The number of carbonyl (C=O) groups is 1. The van der Waals surface area contributed by atoms with E-state index >= 15 is 0 Å². The van der Waals surface area contributed by atoms with Crippen LogP contribution in [0.3, 0.4) is 0 Å². The molecule has 1 rings (SSSR count). The molecule has 0 bridgehead atoms. The van der Waals surface area contributed by atoms with Gasteiger partial charge in [-0.25, -0.2) is 4.79 Å². The molecule has 4 heteroatoms. The summed E-state index contributed by atoms with van der Waals surface area (Å²) in [5.74, 6) is 0.384. The molecule has 1 aliphatic rings. The summed E-state index contributed by atoms with van der Waals surface area (Å²) in [6, 6.07) is 0. The van der Waals surface area contributed by atoms with Crippen LogP contribution in [0.1, 0.15) is 46.5 Å². The third-order valence-corrected chi connectivity index (χ3v) is 3.55. The van der Waals surface area contributed by atoms with Crippen molar-refractivity contribution in [3.8, 4) is 0 Å². The van der Waals surface area contributed by atoms with Gasteiger partial charge in [0, 0.05) is 6.54 Å². The third-order valence-electron chi connectivity index (χ3n) is 3.55. The summed E-state index contributed by atoms with van der Waals surface area (Å²) < 4.78 is 0. The first-order chi connectivity index (χ1) is 7.40. The Kier molecular flexibility index (Phi) is 4.19. The van der Waals surface area contributed by atoms with E-state index in [0.717, 1.165) is 25.7 Å². The van der Waals surface area contributed by atoms with E-state index in [4.69, 9.17) is 0 Å². The van der Waals surface area contributed by atoms with Gasteiger partial charge in [-0.2, -0.15) is 0 Å². The molecular formula is C12H23NO3. The molecule has 4 nitrogen and oxygen atoms in total. The lowest BCUT2D eigenvalue weighted by Gasteiger charge is -2.48. The molecule has 0 aromatic heterocycles. The van der Waals surface area contributed by atoms with Crippen LogP contribution in [0.15, 0.2) is 0 Å². The van der Waals surface area contributed by atoms with Gasteiger partial charge < -0.3 is 15.1 Å². The minimum atomic E-state index is -0.902. The molecule has 2 N–H and O–H groups in total. The topological polar surface area (TPSA) is 60.8 Å². The maximum atomic E-state index is 11.3. The Morgan fingerprint density at radius 3 is 2.44 bits per heavy atom. The highest BCUT2D eigenvalue weighted by Crippen LogP contribution is 2.36. The number of aliphatic hydroxyl groups is 1. The lowest BCUT2D eigenvalue weighted by molar-refractivity contribution is -0.0473. The van der Waals surface area contributed by atoms with Crippen LogP contribution in [0.2, 0.25) is 0 Å². The smallest absolute Gasteiger partial charge is 0.407 e. The number of aliphatic hydroxyl groups excluding tert-OH is 1. The third kappa shape index (κ3) is 2.48. The first kappa shape index (κ1) is 13.3. The van der Waals surface area contributed by atoms with Gasteiger partial charge in [0.1, 0.15) is 0 Å². The zero-order valence-electron chi connectivity index (χ0n) is 10.4. The molecule has 1 aliphatic heterocycles. The molecule has 0 radical (unpaired) electrons. The van der Waals surface area contributed by atoms with Crippen molar-refractivity contribution in [1.29, 1.82) is 0 Å². The number of hydrogen-bond acceptors (Lipinski definition) is 2. The second-order valence-corrected chi connectivity index (χ2v) is 5.27. The first-order valence-corrected chi connectivity index (χ1v) is 6.09. The molecule has 1 fully saturated rings. The minimum Gasteiger partial charge on any atom is -0.465 e. The predicted octanol–water partition coefficient (Wildman–Crippen LogP) is 2.32. The predicted molar refractivity (Wildman–Crippen MR) is 62.4 cm³/mol. The van der Waals surface area contributed by atoms with Crippen molar-refractivity contribution in [3.63, 3.8) is 0 Å². The number of amides is 1. The summed E-state index contributed by atoms with van der Waals surface area (Å²) in [6.45, 7) is 6.40. The Bertz CT molecular complexity index is 253. The van der Waals surface area contributed by atoms with Gasteiger partial charge in [-0.3, -0.25) is 0 Å². The second-order valence-electron chi connectivity index (χ2n) is 5.27. The second kappa shape index (κ2) is 5.04. The van der Waals surface area contributed by atoms with Crippen molar-refractivity contribution in [3.05, 3.63) is 0 Å². The fraction of sp³-hybridized carbons (Fsp3) is 0.917. The molecule has 0 aliphatic carbocycles. The van der Waals surface area contributed by atoms with Gasteiger partial charge in [-0.05, 0) is 38.5 Å². The van der Waals surface area contributed by atoms with Gasteiger partial charge in [-0.1, -0.05) is 13.8 Å². The Labute approximate surface area is 97.3 Å². The van der Waals surface area contributed by atoms with E-state index in [9.17, 15) is 15.0 Å². The van der Waals surface area contributed by atoms with Crippen molar-refractivity contribution in [2.45, 2.75) is 58.1 Å². The summed E-state index contributed by atoms with van der Waals surface area (Å²) >= 11 is 0. The monoisotopic (exact) mass is 229 g/mol. The van der Waals surface area contributed by atoms with Crippen LogP contribution in [-0.4, -0.2) is 39.4 Å². The van der Waals surface area contributed by atoms with E-state index in [-0.39, 0.29) is 0 Å². The van der Waals surface area contributed by atoms with Crippen LogP contribution in [0.5, 0.6) is 0 Å². The maximum Gasteiger partial charge on any atom is 0.407 e. The van der Waals surface area contributed by atoms with Crippen molar-refractivity contribution in [2.75, 3.05) is 6.54 Å². The summed E-state index contributed by atoms with van der Waals surface area (Å²) in [6.07, 6.45) is 1.90. The molecule has 94 valence electrons. The van der Waals surface area contributed by atoms with E-state index in [2.05, 4.69) is 13.8 Å². The summed E-state index contributed by atoms with van der Waals surface area (Å²) in [7, 11) is 0. The van der Waals surface area contributed by atoms with Crippen LogP contribution in [0, 0.1) is 5.92 Å². The maximum absolute atomic E-state index is 11.3. The van der Waals surface area contributed by atoms with Crippen LogP contribution in [-0.2, 0) is 0 Å². The highest BCUT2D eigenvalue weighted by atomic mass is 16.4. The zero-order valence-corrected chi connectivity index (χ0v) is 10.4. The molecule has 2 unspecified atom stereocenters. The van der Waals surface area contributed by atoms with Crippen LogP contribution < -0.4 is 0 Å². The average molecular weight is 229 g/mol. The number of likely N-dealkylation sites (tertiary alicyclic amines) is 1. The molecule has 1 heterocycles. The standard InChI is InChI=1S/C12H23NO3/c1-9(2)8-12(10(3)14)6-4-5-7-13(12)11(15)16/h9-10,14H,4-8H2,1-3H3,(H,15,16). The lowest BCUT2D eigenvalue weighted by Crippen LogP contribution is -2.60. The zero-order chi connectivity index (χ0) is 12.3. The number of piperidine rings is 1. The summed E-state index contributed by atoms with van der Waals surface area (Å²) in [5.41, 5.74) is -0.571. The number of hydrogen-bond donors (Lipinski definition) is 2. The van der Waals surface area contributed by atoms with Gasteiger partial charge in [0.25, 0.3) is 0 Å².